The number of nitrogens with one attached hydrogen (secondary N) is 1. The molecule has 0 aliphatic rings. The van der Waals surface area contributed by atoms with E-state index in [1.807, 2.05) is 13.0 Å². The molecule has 0 aliphatic carbocycles. The molecule has 0 aliphatic heterocycles. The van der Waals surface area contributed by atoms with Crippen molar-refractivity contribution in [2.75, 3.05) is 5.32 Å². The molecule has 1 atom stereocenters. The van der Waals surface area contributed by atoms with Crippen molar-refractivity contribution in [2.24, 2.45) is 0 Å². The summed E-state index contributed by atoms with van der Waals surface area (Å²) in [6.45, 7) is 1.89. The minimum absolute atomic E-state index is 0.0285. The Morgan fingerprint density at radius 2 is 1.67 bits per heavy atom. The van der Waals surface area contributed by atoms with Crippen molar-refractivity contribution in [3.8, 4) is 17.2 Å². The lowest BCUT2D eigenvalue weighted by molar-refractivity contribution is 0.444. The Balaban J connectivity index is 2.19. The first-order valence-corrected chi connectivity index (χ1v) is 5.63. The smallest absolute Gasteiger partial charge is 0.124 e. The van der Waals surface area contributed by atoms with Gasteiger partial charge < -0.3 is 20.6 Å². The van der Waals surface area contributed by atoms with Crippen molar-refractivity contribution in [3.05, 3.63) is 48.0 Å². The van der Waals surface area contributed by atoms with Crippen molar-refractivity contribution in [2.45, 2.75) is 13.0 Å². The van der Waals surface area contributed by atoms with Gasteiger partial charge in [0.25, 0.3) is 0 Å². The molecule has 2 aromatic rings. The molecule has 4 heteroatoms. The Labute approximate surface area is 105 Å². The van der Waals surface area contributed by atoms with Crippen LogP contribution in [0, 0.1) is 0 Å². The lowest BCUT2D eigenvalue weighted by atomic mass is 10.1. The van der Waals surface area contributed by atoms with Crippen LogP contribution in [-0.4, -0.2) is 15.3 Å². The highest BCUT2D eigenvalue weighted by Crippen LogP contribution is 2.30. The van der Waals surface area contributed by atoms with Gasteiger partial charge in [0.1, 0.15) is 17.2 Å². The summed E-state index contributed by atoms with van der Waals surface area (Å²) in [7, 11) is 0. The van der Waals surface area contributed by atoms with Gasteiger partial charge in [-0.3, -0.25) is 0 Å². The van der Waals surface area contributed by atoms with E-state index in [1.165, 1.54) is 12.1 Å². The number of aromatic hydroxyl groups is 3. The number of phenolic OH excluding ortho intramolecular Hbond substituents is 3. The number of hydrogen-bond acceptors (Lipinski definition) is 4. The second-order valence-electron chi connectivity index (χ2n) is 4.16. The molecule has 94 valence electrons. The Morgan fingerprint density at radius 3 is 2.33 bits per heavy atom. The SMILES string of the molecule is CC(Nc1cccc(O)c1)c1ccc(O)cc1O. The standard InChI is InChI=1S/C14H15NO3/c1-9(13-6-5-12(17)8-14(13)18)15-10-3-2-4-11(16)7-10/h2-9,15-18H,1H3. The zero-order chi connectivity index (χ0) is 13.1. The molecule has 2 rings (SSSR count). The third-order valence-electron chi connectivity index (χ3n) is 2.71. The molecule has 0 radical (unpaired) electrons. The van der Waals surface area contributed by atoms with E-state index in [-0.39, 0.29) is 23.3 Å². The van der Waals surface area contributed by atoms with E-state index >= 15 is 0 Å². The Morgan fingerprint density at radius 1 is 0.944 bits per heavy atom. The van der Waals surface area contributed by atoms with Gasteiger partial charge in [0, 0.05) is 23.4 Å². The van der Waals surface area contributed by atoms with Crippen LogP contribution >= 0.6 is 0 Å². The minimum atomic E-state index is -0.146. The van der Waals surface area contributed by atoms with Crippen LogP contribution in [-0.2, 0) is 0 Å². The van der Waals surface area contributed by atoms with E-state index in [9.17, 15) is 15.3 Å². The summed E-state index contributed by atoms with van der Waals surface area (Å²) in [5.41, 5.74) is 1.44. The summed E-state index contributed by atoms with van der Waals surface area (Å²) in [6, 6.07) is 11.1. The molecule has 0 spiro atoms. The maximum atomic E-state index is 9.74. The van der Waals surface area contributed by atoms with Crippen molar-refractivity contribution in [1.29, 1.82) is 0 Å². The van der Waals surface area contributed by atoms with Crippen LogP contribution in [0.25, 0.3) is 0 Å². The van der Waals surface area contributed by atoms with E-state index in [1.54, 1.807) is 24.3 Å². The van der Waals surface area contributed by atoms with Crippen molar-refractivity contribution in [1.82, 2.24) is 0 Å². The molecule has 1 unspecified atom stereocenters. The minimum Gasteiger partial charge on any atom is -0.508 e. The summed E-state index contributed by atoms with van der Waals surface area (Å²) in [5, 5.41) is 31.5. The number of hydrogen-bond donors (Lipinski definition) is 4. The van der Waals surface area contributed by atoms with Crippen LogP contribution in [0.15, 0.2) is 42.5 Å². The molecule has 4 N–H and O–H groups in total. The number of phenols is 3. The molecule has 0 fully saturated rings. The van der Waals surface area contributed by atoms with Crippen LogP contribution < -0.4 is 5.32 Å². The van der Waals surface area contributed by atoms with Crippen LogP contribution in [0.2, 0.25) is 0 Å². The second-order valence-corrected chi connectivity index (χ2v) is 4.16. The molecule has 2 aromatic carbocycles. The normalized spacial score (nSPS) is 12.1. The molecule has 0 aromatic heterocycles. The quantitative estimate of drug-likeness (QED) is 0.670. The molecule has 4 nitrogen and oxygen atoms in total. The van der Waals surface area contributed by atoms with Gasteiger partial charge in [-0.05, 0) is 31.2 Å². The maximum Gasteiger partial charge on any atom is 0.124 e. The molecule has 0 bridgehead atoms. The van der Waals surface area contributed by atoms with Gasteiger partial charge in [0.2, 0.25) is 0 Å². The van der Waals surface area contributed by atoms with Crippen LogP contribution in [0.5, 0.6) is 17.2 Å². The summed E-state index contributed by atoms with van der Waals surface area (Å²) in [4.78, 5) is 0. The van der Waals surface area contributed by atoms with Crippen LogP contribution in [0.1, 0.15) is 18.5 Å². The number of rotatable bonds is 3. The fourth-order valence-corrected chi connectivity index (χ4v) is 1.82. The fraction of sp³-hybridized carbons (Fsp3) is 0.143. The van der Waals surface area contributed by atoms with E-state index in [0.717, 1.165) is 5.69 Å². The van der Waals surface area contributed by atoms with Gasteiger partial charge in [-0.2, -0.15) is 0 Å². The fourth-order valence-electron chi connectivity index (χ4n) is 1.82. The largest absolute Gasteiger partial charge is 0.508 e. The van der Waals surface area contributed by atoms with E-state index in [4.69, 9.17) is 0 Å². The van der Waals surface area contributed by atoms with Gasteiger partial charge in [0.15, 0.2) is 0 Å². The van der Waals surface area contributed by atoms with Gasteiger partial charge >= 0.3 is 0 Å². The van der Waals surface area contributed by atoms with E-state index in [2.05, 4.69) is 5.32 Å². The summed E-state index contributed by atoms with van der Waals surface area (Å²) in [5.74, 6) is 0.248. The Hall–Kier alpha value is -2.36. The topological polar surface area (TPSA) is 72.7 Å². The molecular weight excluding hydrogens is 230 g/mol. The number of anilines is 1. The third kappa shape index (κ3) is 2.66. The summed E-state index contributed by atoms with van der Waals surface area (Å²) >= 11 is 0. The van der Waals surface area contributed by atoms with Crippen molar-refractivity contribution >= 4 is 5.69 Å². The predicted octanol–water partition coefficient (Wildman–Crippen LogP) is 2.98. The van der Waals surface area contributed by atoms with Crippen molar-refractivity contribution < 1.29 is 15.3 Å². The monoisotopic (exact) mass is 245 g/mol. The summed E-state index contributed by atoms with van der Waals surface area (Å²) in [6.07, 6.45) is 0. The van der Waals surface area contributed by atoms with Gasteiger partial charge in [0.05, 0.1) is 6.04 Å². The molecule has 18 heavy (non-hydrogen) atoms. The highest BCUT2D eigenvalue weighted by molar-refractivity contribution is 5.51. The van der Waals surface area contributed by atoms with E-state index < -0.39 is 0 Å². The highest BCUT2D eigenvalue weighted by atomic mass is 16.3. The molecular formula is C14H15NO3. The van der Waals surface area contributed by atoms with Crippen LogP contribution in [0.4, 0.5) is 5.69 Å². The molecule has 0 amide bonds. The maximum absolute atomic E-state index is 9.74. The molecule has 0 saturated carbocycles. The third-order valence-corrected chi connectivity index (χ3v) is 2.71. The first-order chi connectivity index (χ1) is 8.56. The van der Waals surface area contributed by atoms with Crippen molar-refractivity contribution in [3.63, 3.8) is 0 Å². The first kappa shape index (κ1) is 12.1. The average molecular weight is 245 g/mol. The Kier molecular flexibility index (Phi) is 3.28. The highest BCUT2D eigenvalue weighted by Gasteiger charge is 2.10. The zero-order valence-corrected chi connectivity index (χ0v) is 9.96. The predicted molar refractivity (Wildman–Crippen MR) is 69.9 cm³/mol. The zero-order valence-electron chi connectivity index (χ0n) is 9.96. The van der Waals surface area contributed by atoms with Gasteiger partial charge in [-0.25, -0.2) is 0 Å². The van der Waals surface area contributed by atoms with Crippen LogP contribution in [0.3, 0.4) is 0 Å². The van der Waals surface area contributed by atoms with Gasteiger partial charge in [-0.1, -0.05) is 6.07 Å². The van der Waals surface area contributed by atoms with Gasteiger partial charge in [-0.15, -0.1) is 0 Å². The first-order valence-electron chi connectivity index (χ1n) is 5.63. The average Bonchev–Trinajstić information content (AvgIpc) is 2.28. The second kappa shape index (κ2) is 4.87. The lowest BCUT2D eigenvalue weighted by Crippen LogP contribution is -2.06. The number of benzene rings is 2. The molecule has 0 saturated heterocycles. The molecule has 0 heterocycles. The lowest BCUT2D eigenvalue weighted by Gasteiger charge is -2.17. The Bertz CT molecular complexity index is 554. The summed E-state index contributed by atoms with van der Waals surface area (Å²) < 4.78 is 0. The van der Waals surface area contributed by atoms with E-state index in [0.29, 0.717) is 5.56 Å².